The lowest BCUT2D eigenvalue weighted by atomic mass is 10.1. The summed E-state index contributed by atoms with van der Waals surface area (Å²) in [4.78, 5) is 0. The van der Waals surface area contributed by atoms with Crippen LogP contribution in [0.2, 0.25) is 0 Å². The van der Waals surface area contributed by atoms with Gasteiger partial charge in [-0.3, -0.25) is 0 Å². The van der Waals surface area contributed by atoms with Crippen molar-refractivity contribution in [3.63, 3.8) is 0 Å². The van der Waals surface area contributed by atoms with E-state index in [1.54, 1.807) is 24.3 Å². The van der Waals surface area contributed by atoms with Crippen molar-refractivity contribution in [2.75, 3.05) is 21.3 Å². The van der Waals surface area contributed by atoms with Gasteiger partial charge in [-0.25, -0.2) is 0 Å². The average molecular weight is 315 g/mol. The van der Waals surface area contributed by atoms with Crippen LogP contribution in [-0.2, 0) is 0 Å². The Morgan fingerprint density at radius 3 is 2.04 bits per heavy atom. The van der Waals surface area contributed by atoms with Crippen molar-refractivity contribution in [2.45, 2.75) is 6.92 Å². The molecule has 2 rings (SSSR count). The molecule has 1 radical (unpaired) electrons. The maximum atomic E-state index is 10.00. The molecule has 2 aromatic rings. The second-order valence-electron chi connectivity index (χ2n) is 4.88. The molecule has 0 spiro atoms. The van der Waals surface area contributed by atoms with Crippen molar-refractivity contribution < 1.29 is 19.3 Å². The quantitative estimate of drug-likeness (QED) is 0.834. The number of aryl methyl sites for hydroxylation is 1. The fourth-order valence-electron chi connectivity index (χ4n) is 2.15. The number of phenolic OH excluding ortho intramolecular Hbond substituents is 1. The maximum Gasteiger partial charge on any atom is 0.203 e. The smallest absolute Gasteiger partial charge is 0.203 e. The highest BCUT2D eigenvalue weighted by atomic mass is 16.5. The molecule has 0 atom stereocenters. The van der Waals surface area contributed by atoms with E-state index >= 15 is 0 Å². The Kier molecular flexibility index (Phi) is 5.05. The van der Waals surface area contributed by atoms with E-state index in [0.29, 0.717) is 34.2 Å². The predicted octanol–water partition coefficient (Wildman–Crippen LogP) is 4.32. The number of hydrogen-bond donors (Lipinski definition) is 1. The summed E-state index contributed by atoms with van der Waals surface area (Å²) in [6.07, 6.45) is 0. The first kappa shape index (κ1) is 16.6. The Labute approximate surface area is 135 Å². The van der Waals surface area contributed by atoms with Gasteiger partial charge in [0.05, 0.1) is 27.0 Å². The Bertz CT molecular complexity index is 717. The van der Waals surface area contributed by atoms with Crippen LogP contribution in [0.25, 0.3) is 0 Å². The van der Waals surface area contributed by atoms with Crippen molar-refractivity contribution >= 4 is 11.4 Å². The van der Waals surface area contributed by atoms with Gasteiger partial charge in [-0.2, -0.15) is 5.11 Å². The lowest BCUT2D eigenvalue weighted by molar-refractivity contribution is 0.324. The Morgan fingerprint density at radius 2 is 1.52 bits per heavy atom. The molecule has 0 aliphatic heterocycles. The first-order valence-corrected chi connectivity index (χ1v) is 6.87. The standard InChI is InChI=1S/C17H19N2O4/c1-10-6-11(2)16(20)13(7-10)19-18-12-8-14(21-3)17(23-5)15(9-12)22-4/h6-9,20H,2H2,1,3-5H3. The SMILES string of the molecule is [CH2]c1cc(C)cc(N=Nc2cc(OC)c(OC)c(OC)c2)c1O. The van der Waals surface area contributed by atoms with Gasteiger partial charge in [-0.1, -0.05) is 6.07 Å². The molecule has 0 aliphatic carbocycles. The molecule has 6 heteroatoms. The number of ether oxygens (including phenoxy) is 3. The monoisotopic (exact) mass is 315 g/mol. The van der Waals surface area contributed by atoms with Crippen molar-refractivity contribution in [3.05, 3.63) is 42.3 Å². The molecule has 1 N–H and O–H groups in total. The van der Waals surface area contributed by atoms with Crippen LogP contribution < -0.4 is 14.2 Å². The van der Waals surface area contributed by atoms with E-state index in [1.165, 1.54) is 21.3 Å². The first-order valence-electron chi connectivity index (χ1n) is 6.87. The van der Waals surface area contributed by atoms with Crippen molar-refractivity contribution in [3.8, 4) is 23.0 Å². The van der Waals surface area contributed by atoms with Crippen molar-refractivity contribution in [1.82, 2.24) is 0 Å². The zero-order valence-corrected chi connectivity index (χ0v) is 13.6. The number of nitrogens with zero attached hydrogens (tertiary/aromatic N) is 2. The highest BCUT2D eigenvalue weighted by Gasteiger charge is 2.13. The highest BCUT2D eigenvalue weighted by Crippen LogP contribution is 2.41. The number of benzene rings is 2. The Balaban J connectivity index is 2.44. The minimum Gasteiger partial charge on any atom is -0.505 e. The van der Waals surface area contributed by atoms with E-state index < -0.39 is 0 Å². The van der Waals surface area contributed by atoms with Gasteiger partial charge in [0.25, 0.3) is 0 Å². The molecule has 0 fully saturated rings. The molecular weight excluding hydrogens is 296 g/mol. The van der Waals surface area contributed by atoms with Crippen LogP contribution in [0, 0.1) is 13.8 Å². The molecule has 0 heterocycles. The summed E-state index contributed by atoms with van der Waals surface area (Å²) in [6, 6.07) is 6.84. The zero-order valence-electron chi connectivity index (χ0n) is 13.6. The number of aromatic hydroxyl groups is 1. The summed E-state index contributed by atoms with van der Waals surface area (Å²) in [5, 5.41) is 18.2. The van der Waals surface area contributed by atoms with Gasteiger partial charge >= 0.3 is 0 Å². The van der Waals surface area contributed by atoms with Gasteiger partial charge < -0.3 is 19.3 Å². The normalized spacial score (nSPS) is 10.8. The van der Waals surface area contributed by atoms with Crippen LogP contribution in [0.5, 0.6) is 23.0 Å². The molecule has 23 heavy (non-hydrogen) atoms. The van der Waals surface area contributed by atoms with Crippen LogP contribution in [-0.4, -0.2) is 26.4 Å². The third-order valence-corrected chi connectivity index (χ3v) is 3.24. The summed E-state index contributed by atoms with van der Waals surface area (Å²) in [5.74, 6) is 1.44. The Morgan fingerprint density at radius 1 is 0.913 bits per heavy atom. The molecule has 0 unspecified atom stereocenters. The third kappa shape index (κ3) is 3.53. The summed E-state index contributed by atoms with van der Waals surface area (Å²) in [5.41, 5.74) is 2.30. The second kappa shape index (κ2) is 7.00. The lowest BCUT2D eigenvalue weighted by Gasteiger charge is -2.12. The molecule has 0 aliphatic rings. The summed E-state index contributed by atoms with van der Waals surface area (Å²) < 4.78 is 15.8. The molecule has 0 saturated carbocycles. The van der Waals surface area contributed by atoms with Crippen LogP contribution >= 0.6 is 0 Å². The fraction of sp³-hybridized carbons (Fsp3) is 0.235. The fourth-order valence-corrected chi connectivity index (χ4v) is 2.15. The first-order chi connectivity index (χ1) is 11.0. The number of hydrogen-bond acceptors (Lipinski definition) is 6. The summed E-state index contributed by atoms with van der Waals surface area (Å²) in [6.45, 7) is 5.66. The van der Waals surface area contributed by atoms with Gasteiger partial charge in [-0.15, -0.1) is 5.11 Å². The van der Waals surface area contributed by atoms with E-state index in [4.69, 9.17) is 14.2 Å². The van der Waals surface area contributed by atoms with Gasteiger partial charge in [-0.05, 0) is 31.0 Å². The minimum atomic E-state index is 0.00629. The number of phenols is 1. The molecule has 0 amide bonds. The van der Waals surface area contributed by atoms with E-state index in [1.807, 2.05) is 6.92 Å². The lowest BCUT2D eigenvalue weighted by Crippen LogP contribution is -1.94. The molecular formula is C17H19N2O4. The van der Waals surface area contributed by atoms with E-state index in [9.17, 15) is 5.11 Å². The second-order valence-corrected chi connectivity index (χ2v) is 4.88. The molecule has 121 valence electrons. The molecule has 0 aromatic heterocycles. The maximum absolute atomic E-state index is 10.00. The van der Waals surface area contributed by atoms with Crippen LogP contribution in [0.1, 0.15) is 11.1 Å². The van der Waals surface area contributed by atoms with Gasteiger partial charge in [0.15, 0.2) is 11.5 Å². The van der Waals surface area contributed by atoms with Crippen LogP contribution in [0.15, 0.2) is 34.5 Å². The van der Waals surface area contributed by atoms with Crippen molar-refractivity contribution in [2.24, 2.45) is 10.2 Å². The van der Waals surface area contributed by atoms with E-state index in [2.05, 4.69) is 17.2 Å². The minimum absolute atomic E-state index is 0.00629. The number of methoxy groups -OCH3 is 3. The van der Waals surface area contributed by atoms with Gasteiger partial charge in [0, 0.05) is 12.1 Å². The van der Waals surface area contributed by atoms with E-state index in [-0.39, 0.29) is 5.75 Å². The summed E-state index contributed by atoms with van der Waals surface area (Å²) in [7, 11) is 4.58. The number of rotatable bonds is 5. The molecule has 0 saturated heterocycles. The van der Waals surface area contributed by atoms with Gasteiger partial charge in [0.2, 0.25) is 5.75 Å². The average Bonchev–Trinajstić information content (AvgIpc) is 2.55. The van der Waals surface area contributed by atoms with Crippen LogP contribution in [0.3, 0.4) is 0 Å². The predicted molar refractivity (Wildman–Crippen MR) is 87.6 cm³/mol. The van der Waals surface area contributed by atoms with Crippen molar-refractivity contribution in [1.29, 1.82) is 0 Å². The number of azo groups is 1. The topological polar surface area (TPSA) is 72.6 Å². The van der Waals surface area contributed by atoms with Gasteiger partial charge in [0.1, 0.15) is 11.4 Å². The van der Waals surface area contributed by atoms with E-state index in [0.717, 1.165) is 5.56 Å². The third-order valence-electron chi connectivity index (χ3n) is 3.24. The van der Waals surface area contributed by atoms with Crippen LogP contribution in [0.4, 0.5) is 11.4 Å². The Hall–Kier alpha value is -2.76. The molecule has 6 nitrogen and oxygen atoms in total. The largest absolute Gasteiger partial charge is 0.505 e. The zero-order chi connectivity index (χ0) is 17.0. The highest BCUT2D eigenvalue weighted by molar-refractivity contribution is 5.61. The molecule has 0 bridgehead atoms. The summed E-state index contributed by atoms with van der Waals surface area (Å²) >= 11 is 0. The molecule has 2 aromatic carbocycles.